The molecule has 0 aromatic carbocycles. The summed E-state index contributed by atoms with van der Waals surface area (Å²) in [7, 11) is 0. The van der Waals surface area contributed by atoms with Gasteiger partial charge in [-0.25, -0.2) is 0 Å². The average Bonchev–Trinajstić information content (AvgIpc) is 2.63. The highest BCUT2D eigenvalue weighted by Gasteiger charge is 2.24. The zero-order valence-electron chi connectivity index (χ0n) is 7.04. The average molecular weight is 212 g/mol. The zero-order chi connectivity index (χ0) is 10.7. The van der Waals surface area contributed by atoms with Gasteiger partial charge in [0.05, 0.1) is 0 Å². The number of carbonyl (C=O) groups excluding carboxylic acids is 1. The molecule has 4 N–H and O–H groups in total. The number of nitrogens with zero attached hydrogens (tertiary/aromatic N) is 1. The second-order valence-corrected chi connectivity index (χ2v) is 3.72. The molecule has 1 aromatic heterocycles. The molecule has 1 rings (SSSR count). The van der Waals surface area contributed by atoms with Gasteiger partial charge >= 0.3 is 0 Å². The highest BCUT2D eigenvalue weighted by molar-refractivity contribution is 7.12. The predicted molar refractivity (Wildman–Crippen MR) is 49.2 cm³/mol. The summed E-state index contributed by atoms with van der Waals surface area (Å²) in [5.74, 6) is -0.996. The minimum atomic E-state index is -1.64. The number of primary amides is 1. The van der Waals surface area contributed by atoms with E-state index in [0.29, 0.717) is 9.75 Å². The maximum absolute atomic E-state index is 10.5. The van der Waals surface area contributed by atoms with Crippen LogP contribution in [0, 0.1) is 11.3 Å². The Morgan fingerprint density at radius 3 is 2.64 bits per heavy atom. The highest BCUT2D eigenvalue weighted by Crippen LogP contribution is 2.24. The number of aliphatic hydroxyl groups excluding tert-OH is 2. The van der Waals surface area contributed by atoms with E-state index in [9.17, 15) is 9.90 Å². The van der Waals surface area contributed by atoms with Crippen LogP contribution in [0.3, 0.4) is 0 Å². The van der Waals surface area contributed by atoms with Crippen LogP contribution in [0.4, 0.5) is 0 Å². The SMILES string of the molecule is N#Cc1ccc(C(O)C(O)C(N)=O)s1. The van der Waals surface area contributed by atoms with Crippen molar-refractivity contribution >= 4 is 17.2 Å². The van der Waals surface area contributed by atoms with Gasteiger partial charge in [0.1, 0.15) is 17.1 Å². The van der Waals surface area contributed by atoms with E-state index in [2.05, 4.69) is 0 Å². The molecule has 0 saturated carbocycles. The van der Waals surface area contributed by atoms with Crippen LogP contribution in [0.15, 0.2) is 12.1 Å². The maximum Gasteiger partial charge on any atom is 0.249 e. The zero-order valence-corrected chi connectivity index (χ0v) is 7.86. The van der Waals surface area contributed by atoms with Gasteiger partial charge in [-0.05, 0) is 12.1 Å². The number of aliphatic hydroxyl groups is 2. The molecule has 0 fully saturated rings. The van der Waals surface area contributed by atoms with E-state index in [1.165, 1.54) is 12.1 Å². The third-order valence-electron chi connectivity index (χ3n) is 1.62. The van der Waals surface area contributed by atoms with Crippen LogP contribution in [0.5, 0.6) is 0 Å². The quantitative estimate of drug-likeness (QED) is 0.627. The summed E-state index contributed by atoms with van der Waals surface area (Å²) in [6.07, 6.45) is -3.00. The van der Waals surface area contributed by atoms with Crippen LogP contribution in [0.1, 0.15) is 15.9 Å². The smallest absolute Gasteiger partial charge is 0.249 e. The van der Waals surface area contributed by atoms with E-state index in [1.807, 2.05) is 6.07 Å². The molecule has 0 saturated heterocycles. The van der Waals surface area contributed by atoms with Crippen LogP contribution >= 0.6 is 11.3 Å². The monoisotopic (exact) mass is 212 g/mol. The van der Waals surface area contributed by atoms with E-state index in [1.54, 1.807) is 0 Å². The van der Waals surface area contributed by atoms with Crippen molar-refractivity contribution in [1.29, 1.82) is 5.26 Å². The van der Waals surface area contributed by atoms with E-state index in [0.717, 1.165) is 11.3 Å². The minimum absolute atomic E-state index is 0.341. The van der Waals surface area contributed by atoms with Crippen molar-refractivity contribution in [3.63, 3.8) is 0 Å². The molecule has 0 aliphatic carbocycles. The van der Waals surface area contributed by atoms with Gasteiger partial charge in [0.15, 0.2) is 6.10 Å². The van der Waals surface area contributed by atoms with Gasteiger partial charge in [-0.1, -0.05) is 0 Å². The number of nitriles is 1. The minimum Gasteiger partial charge on any atom is -0.384 e. The van der Waals surface area contributed by atoms with Crippen molar-refractivity contribution in [3.05, 3.63) is 21.9 Å². The normalized spacial score (nSPS) is 14.4. The second-order valence-electron chi connectivity index (χ2n) is 2.61. The molecular weight excluding hydrogens is 204 g/mol. The number of rotatable bonds is 3. The van der Waals surface area contributed by atoms with Gasteiger partial charge < -0.3 is 15.9 Å². The standard InChI is InChI=1S/C8H8N2O3S/c9-3-4-1-2-5(14-4)6(11)7(12)8(10)13/h1-2,6-7,11-12H,(H2,10,13). The molecule has 0 bridgehead atoms. The Labute approximate surface area is 84.0 Å². The van der Waals surface area contributed by atoms with E-state index < -0.39 is 18.1 Å². The Morgan fingerprint density at radius 1 is 1.57 bits per heavy atom. The van der Waals surface area contributed by atoms with E-state index >= 15 is 0 Å². The van der Waals surface area contributed by atoms with E-state index in [-0.39, 0.29) is 0 Å². The number of carbonyl (C=O) groups is 1. The van der Waals surface area contributed by atoms with Gasteiger partial charge in [-0.3, -0.25) is 4.79 Å². The molecule has 1 amide bonds. The summed E-state index contributed by atoms with van der Waals surface area (Å²) in [5, 5.41) is 27.1. The first-order chi connectivity index (χ1) is 6.56. The summed E-state index contributed by atoms with van der Waals surface area (Å²) in [5.41, 5.74) is 4.80. The first-order valence-electron chi connectivity index (χ1n) is 3.71. The Kier molecular flexibility index (Phi) is 3.19. The fourth-order valence-electron chi connectivity index (χ4n) is 0.883. The fourth-order valence-corrected chi connectivity index (χ4v) is 1.70. The number of amides is 1. The highest BCUT2D eigenvalue weighted by atomic mass is 32.1. The van der Waals surface area contributed by atoms with Gasteiger partial charge in [0.25, 0.3) is 0 Å². The molecule has 6 heteroatoms. The molecule has 74 valence electrons. The van der Waals surface area contributed by atoms with Crippen molar-refractivity contribution in [2.24, 2.45) is 5.73 Å². The number of thiophene rings is 1. The van der Waals surface area contributed by atoms with Gasteiger partial charge in [-0.15, -0.1) is 11.3 Å². The van der Waals surface area contributed by atoms with Crippen molar-refractivity contribution in [2.75, 3.05) is 0 Å². The Hall–Kier alpha value is -1.42. The third kappa shape index (κ3) is 2.09. The molecule has 0 spiro atoms. The molecule has 1 heterocycles. The summed E-state index contributed by atoms with van der Waals surface area (Å²) in [6, 6.07) is 4.85. The summed E-state index contributed by atoms with van der Waals surface area (Å²) < 4.78 is 0. The third-order valence-corrected chi connectivity index (χ3v) is 2.68. The van der Waals surface area contributed by atoms with E-state index in [4.69, 9.17) is 16.1 Å². The first kappa shape index (κ1) is 10.7. The molecule has 14 heavy (non-hydrogen) atoms. The molecule has 2 unspecified atom stereocenters. The lowest BCUT2D eigenvalue weighted by molar-refractivity contribution is -0.131. The predicted octanol–water partition coefficient (Wildman–Crippen LogP) is -0.501. The van der Waals surface area contributed by atoms with Crippen LogP contribution in [0.2, 0.25) is 0 Å². The largest absolute Gasteiger partial charge is 0.384 e. The lowest BCUT2D eigenvalue weighted by Crippen LogP contribution is -2.33. The van der Waals surface area contributed by atoms with Crippen molar-refractivity contribution < 1.29 is 15.0 Å². The Bertz CT molecular complexity index is 382. The van der Waals surface area contributed by atoms with Crippen molar-refractivity contribution in [2.45, 2.75) is 12.2 Å². The molecule has 5 nitrogen and oxygen atoms in total. The molecule has 0 aliphatic rings. The lowest BCUT2D eigenvalue weighted by Gasteiger charge is -2.12. The van der Waals surface area contributed by atoms with Crippen LogP contribution < -0.4 is 5.73 Å². The van der Waals surface area contributed by atoms with Gasteiger partial charge in [0, 0.05) is 4.88 Å². The summed E-state index contributed by atoms with van der Waals surface area (Å²) >= 11 is 1.01. The summed E-state index contributed by atoms with van der Waals surface area (Å²) in [6.45, 7) is 0. The van der Waals surface area contributed by atoms with Crippen LogP contribution in [-0.2, 0) is 4.79 Å². The number of hydrogen-bond donors (Lipinski definition) is 3. The van der Waals surface area contributed by atoms with Crippen molar-refractivity contribution in [1.82, 2.24) is 0 Å². The van der Waals surface area contributed by atoms with Crippen LogP contribution in [-0.4, -0.2) is 22.2 Å². The van der Waals surface area contributed by atoms with Crippen LogP contribution in [0.25, 0.3) is 0 Å². The molecular formula is C8H8N2O3S. The van der Waals surface area contributed by atoms with Crippen molar-refractivity contribution in [3.8, 4) is 6.07 Å². The van der Waals surface area contributed by atoms with Gasteiger partial charge in [-0.2, -0.15) is 5.26 Å². The summed E-state index contributed by atoms with van der Waals surface area (Å²) in [4.78, 5) is 11.3. The second kappa shape index (κ2) is 4.19. The fraction of sp³-hybridized carbons (Fsp3) is 0.250. The Balaban J connectivity index is 2.84. The maximum atomic E-state index is 10.5. The lowest BCUT2D eigenvalue weighted by atomic mass is 10.1. The molecule has 2 atom stereocenters. The molecule has 0 aliphatic heterocycles. The number of nitrogens with two attached hydrogens (primary N) is 1. The number of hydrogen-bond acceptors (Lipinski definition) is 5. The molecule has 1 aromatic rings. The Morgan fingerprint density at radius 2 is 2.21 bits per heavy atom. The van der Waals surface area contributed by atoms with Gasteiger partial charge in [0.2, 0.25) is 5.91 Å². The first-order valence-corrected chi connectivity index (χ1v) is 4.53. The topological polar surface area (TPSA) is 107 Å². The molecule has 0 radical (unpaired) electrons.